The van der Waals surface area contributed by atoms with E-state index >= 15 is 0 Å². The number of amides is 2. The van der Waals surface area contributed by atoms with Crippen molar-refractivity contribution in [1.29, 1.82) is 0 Å². The van der Waals surface area contributed by atoms with Gasteiger partial charge >= 0.3 is 12.0 Å². The van der Waals surface area contributed by atoms with E-state index in [0.717, 1.165) is 6.42 Å². The second kappa shape index (κ2) is 6.90. The standard InChI is InChI=1S/C12H19N5O3/c18-11(19)9-16-4-1-5-17(7-6-16)12(20)15-8-10-13-2-3-14-10/h2-3H,1,4-9H2,(H,13,14)(H,15,20)(H,18,19). The van der Waals surface area contributed by atoms with Gasteiger partial charge in [0, 0.05) is 38.6 Å². The van der Waals surface area contributed by atoms with E-state index in [1.807, 2.05) is 4.90 Å². The van der Waals surface area contributed by atoms with Crippen LogP contribution >= 0.6 is 0 Å². The number of aromatic amines is 1. The van der Waals surface area contributed by atoms with E-state index in [1.165, 1.54) is 0 Å². The highest BCUT2D eigenvalue weighted by Gasteiger charge is 2.20. The summed E-state index contributed by atoms with van der Waals surface area (Å²) in [6.07, 6.45) is 4.12. The number of urea groups is 1. The van der Waals surface area contributed by atoms with Gasteiger partial charge in [0.15, 0.2) is 0 Å². The number of carboxylic acid groups (broad SMARTS) is 1. The van der Waals surface area contributed by atoms with Crippen LogP contribution in [0.5, 0.6) is 0 Å². The highest BCUT2D eigenvalue weighted by atomic mass is 16.4. The van der Waals surface area contributed by atoms with Crippen molar-refractivity contribution in [2.75, 3.05) is 32.7 Å². The van der Waals surface area contributed by atoms with Crippen molar-refractivity contribution in [3.05, 3.63) is 18.2 Å². The summed E-state index contributed by atoms with van der Waals surface area (Å²) in [6.45, 7) is 2.86. The van der Waals surface area contributed by atoms with Gasteiger partial charge < -0.3 is 20.3 Å². The van der Waals surface area contributed by atoms with Gasteiger partial charge in [-0.2, -0.15) is 0 Å². The fraction of sp³-hybridized carbons (Fsp3) is 0.583. The molecule has 110 valence electrons. The maximum Gasteiger partial charge on any atom is 0.317 e. The highest BCUT2D eigenvalue weighted by molar-refractivity contribution is 5.74. The molecule has 0 bridgehead atoms. The molecule has 0 atom stereocenters. The molecular weight excluding hydrogens is 262 g/mol. The van der Waals surface area contributed by atoms with Crippen molar-refractivity contribution in [1.82, 2.24) is 25.1 Å². The molecule has 0 saturated carbocycles. The van der Waals surface area contributed by atoms with Crippen LogP contribution in [0.25, 0.3) is 0 Å². The Labute approximate surface area is 116 Å². The quantitative estimate of drug-likeness (QED) is 0.704. The summed E-state index contributed by atoms with van der Waals surface area (Å²) >= 11 is 0. The van der Waals surface area contributed by atoms with E-state index < -0.39 is 5.97 Å². The Morgan fingerprint density at radius 2 is 2.20 bits per heavy atom. The molecule has 1 saturated heterocycles. The van der Waals surface area contributed by atoms with Gasteiger partial charge in [-0.1, -0.05) is 0 Å². The van der Waals surface area contributed by atoms with Crippen LogP contribution in [0.4, 0.5) is 4.79 Å². The normalized spacial score (nSPS) is 16.7. The van der Waals surface area contributed by atoms with Crippen LogP contribution in [0.1, 0.15) is 12.2 Å². The van der Waals surface area contributed by atoms with Gasteiger partial charge in [0.25, 0.3) is 0 Å². The number of carbonyl (C=O) groups excluding carboxylic acids is 1. The maximum absolute atomic E-state index is 12.0. The molecule has 8 heteroatoms. The summed E-state index contributed by atoms with van der Waals surface area (Å²) in [4.78, 5) is 33.2. The molecule has 0 radical (unpaired) electrons. The monoisotopic (exact) mass is 281 g/mol. The van der Waals surface area contributed by atoms with Crippen LogP contribution in [-0.2, 0) is 11.3 Å². The van der Waals surface area contributed by atoms with Crippen molar-refractivity contribution in [3.8, 4) is 0 Å². The number of carboxylic acids is 1. The van der Waals surface area contributed by atoms with Gasteiger partial charge in [-0.3, -0.25) is 9.69 Å². The Morgan fingerprint density at radius 3 is 2.90 bits per heavy atom. The Balaban J connectivity index is 1.77. The number of aliphatic carboxylic acids is 1. The Hall–Kier alpha value is -2.09. The van der Waals surface area contributed by atoms with E-state index in [2.05, 4.69) is 15.3 Å². The fourth-order valence-corrected chi connectivity index (χ4v) is 2.19. The van der Waals surface area contributed by atoms with Crippen LogP contribution in [0.3, 0.4) is 0 Å². The summed E-state index contributed by atoms with van der Waals surface area (Å²) in [5, 5.41) is 11.6. The second-order valence-electron chi connectivity index (χ2n) is 4.71. The number of aromatic nitrogens is 2. The van der Waals surface area contributed by atoms with Crippen LogP contribution in [0.2, 0.25) is 0 Å². The van der Waals surface area contributed by atoms with E-state index in [4.69, 9.17) is 5.11 Å². The number of carbonyl (C=O) groups is 2. The molecule has 1 aromatic rings. The predicted molar refractivity (Wildman–Crippen MR) is 71.1 cm³/mol. The average Bonchev–Trinajstić information content (AvgIpc) is 2.82. The van der Waals surface area contributed by atoms with Gasteiger partial charge in [0.05, 0.1) is 13.1 Å². The molecule has 0 aromatic carbocycles. The van der Waals surface area contributed by atoms with Crippen LogP contribution in [0.15, 0.2) is 12.4 Å². The third-order valence-corrected chi connectivity index (χ3v) is 3.20. The average molecular weight is 281 g/mol. The summed E-state index contributed by atoms with van der Waals surface area (Å²) < 4.78 is 0. The summed E-state index contributed by atoms with van der Waals surface area (Å²) in [7, 11) is 0. The van der Waals surface area contributed by atoms with Crippen molar-refractivity contribution in [2.24, 2.45) is 0 Å². The van der Waals surface area contributed by atoms with Gasteiger partial charge in [0.1, 0.15) is 5.82 Å². The lowest BCUT2D eigenvalue weighted by Gasteiger charge is -2.21. The first-order valence-corrected chi connectivity index (χ1v) is 6.60. The Morgan fingerprint density at radius 1 is 1.35 bits per heavy atom. The molecular formula is C12H19N5O3. The zero-order chi connectivity index (χ0) is 14.4. The summed E-state index contributed by atoms with van der Waals surface area (Å²) in [6, 6.07) is -0.140. The Kier molecular flexibility index (Phi) is 4.94. The number of hydrogen-bond donors (Lipinski definition) is 3. The van der Waals surface area contributed by atoms with E-state index in [1.54, 1.807) is 17.3 Å². The summed E-state index contributed by atoms with van der Waals surface area (Å²) in [5.41, 5.74) is 0. The molecule has 2 rings (SSSR count). The zero-order valence-corrected chi connectivity index (χ0v) is 11.2. The lowest BCUT2D eigenvalue weighted by molar-refractivity contribution is -0.138. The minimum absolute atomic E-state index is 0.0296. The SMILES string of the molecule is O=C(O)CN1CCCN(C(=O)NCc2ncc[nH]2)CC1. The third kappa shape index (κ3) is 4.23. The van der Waals surface area contributed by atoms with Crippen molar-refractivity contribution < 1.29 is 14.7 Å². The van der Waals surface area contributed by atoms with Gasteiger partial charge in [-0.15, -0.1) is 0 Å². The van der Waals surface area contributed by atoms with Gasteiger partial charge in [-0.25, -0.2) is 9.78 Å². The van der Waals surface area contributed by atoms with E-state index in [9.17, 15) is 9.59 Å². The minimum atomic E-state index is -0.833. The molecule has 1 aliphatic rings. The molecule has 20 heavy (non-hydrogen) atoms. The summed E-state index contributed by atoms with van der Waals surface area (Å²) in [5.74, 6) is -0.124. The molecule has 8 nitrogen and oxygen atoms in total. The third-order valence-electron chi connectivity index (χ3n) is 3.20. The number of nitrogens with zero attached hydrogens (tertiary/aromatic N) is 3. The largest absolute Gasteiger partial charge is 0.480 e. The van der Waals surface area contributed by atoms with Crippen LogP contribution in [-0.4, -0.2) is 69.6 Å². The van der Waals surface area contributed by atoms with Crippen LogP contribution in [0, 0.1) is 0 Å². The van der Waals surface area contributed by atoms with E-state index in [-0.39, 0.29) is 12.6 Å². The molecule has 3 N–H and O–H groups in total. The molecule has 1 fully saturated rings. The van der Waals surface area contributed by atoms with Crippen molar-refractivity contribution in [2.45, 2.75) is 13.0 Å². The predicted octanol–water partition coefficient (Wildman–Crippen LogP) is -0.288. The number of rotatable bonds is 4. The molecule has 0 unspecified atom stereocenters. The van der Waals surface area contributed by atoms with Gasteiger partial charge in [-0.05, 0) is 6.42 Å². The first-order valence-electron chi connectivity index (χ1n) is 6.60. The molecule has 1 aliphatic heterocycles. The lowest BCUT2D eigenvalue weighted by atomic mass is 10.4. The molecule has 0 aliphatic carbocycles. The molecule has 2 heterocycles. The molecule has 0 spiro atoms. The first kappa shape index (κ1) is 14.3. The van der Waals surface area contributed by atoms with Gasteiger partial charge in [0.2, 0.25) is 0 Å². The topological polar surface area (TPSA) is 102 Å². The van der Waals surface area contributed by atoms with Crippen LogP contribution < -0.4 is 5.32 Å². The number of nitrogens with one attached hydrogen (secondary N) is 2. The van der Waals surface area contributed by atoms with Crippen molar-refractivity contribution >= 4 is 12.0 Å². The maximum atomic E-state index is 12.0. The second-order valence-corrected chi connectivity index (χ2v) is 4.71. The fourth-order valence-electron chi connectivity index (χ4n) is 2.19. The number of hydrogen-bond acceptors (Lipinski definition) is 4. The number of imidazole rings is 1. The number of H-pyrrole nitrogens is 1. The first-order chi connectivity index (χ1) is 9.65. The molecule has 2 amide bonds. The zero-order valence-electron chi connectivity index (χ0n) is 11.2. The van der Waals surface area contributed by atoms with Crippen molar-refractivity contribution in [3.63, 3.8) is 0 Å². The molecule has 1 aromatic heterocycles. The highest BCUT2D eigenvalue weighted by Crippen LogP contribution is 2.03. The van der Waals surface area contributed by atoms with E-state index in [0.29, 0.717) is 38.5 Å². The lowest BCUT2D eigenvalue weighted by Crippen LogP contribution is -2.42. The Bertz CT molecular complexity index is 448. The minimum Gasteiger partial charge on any atom is -0.480 e. The smallest absolute Gasteiger partial charge is 0.317 e.